The van der Waals surface area contributed by atoms with Crippen LogP contribution in [0.2, 0.25) is 0 Å². The molecule has 0 atom stereocenters. The molecule has 0 heterocycles. The lowest BCUT2D eigenvalue weighted by molar-refractivity contribution is -0.157. The van der Waals surface area contributed by atoms with Gasteiger partial charge in [-0.05, 0) is 32.3 Å². The van der Waals surface area contributed by atoms with Crippen LogP contribution in [0.1, 0.15) is 57.5 Å². The molecule has 1 aromatic carbocycles. The number of carbonyl (C=O) groups excluding carboxylic acids is 2. The minimum absolute atomic E-state index is 0.192. The first kappa shape index (κ1) is 17.2. The molecule has 0 unspecified atom stereocenters. The molecule has 0 bridgehead atoms. The molecule has 0 amide bonds. The van der Waals surface area contributed by atoms with Crippen LogP contribution in [-0.4, -0.2) is 24.5 Å². The highest BCUT2D eigenvalue weighted by atomic mass is 16.6. The summed E-state index contributed by atoms with van der Waals surface area (Å²) in [5, 5.41) is 0. The van der Waals surface area contributed by atoms with Crippen molar-refractivity contribution in [2.24, 2.45) is 0 Å². The van der Waals surface area contributed by atoms with Gasteiger partial charge in [0.05, 0.1) is 5.56 Å². The van der Waals surface area contributed by atoms with Crippen LogP contribution >= 0.6 is 0 Å². The van der Waals surface area contributed by atoms with Crippen molar-refractivity contribution in [3.8, 4) is 5.75 Å². The van der Waals surface area contributed by atoms with E-state index in [1.807, 2.05) is 32.9 Å². The van der Waals surface area contributed by atoms with Crippen LogP contribution in [0.25, 0.3) is 0 Å². The molecule has 0 saturated carbocycles. The summed E-state index contributed by atoms with van der Waals surface area (Å²) in [5.74, 6) is -0.00563. The van der Waals surface area contributed by atoms with Crippen molar-refractivity contribution in [3.63, 3.8) is 0 Å². The molecule has 0 saturated heterocycles. The molecule has 116 valence electrons. The van der Waals surface area contributed by atoms with Crippen LogP contribution in [0, 0.1) is 0 Å². The summed E-state index contributed by atoms with van der Waals surface area (Å²) < 4.78 is 10.8. The third-order valence-electron chi connectivity index (χ3n) is 2.73. The van der Waals surface area contributed by atoms with E-state index in [9.17, 15) is 9.59 Å². The predicted octanol–water partition coefficient (Wildman–Crippen LogP) is 3.52. The molecule has 4 nitrogen and oxygen atoms in total. The molecule has 0 aliphatic rings. The minimum atomic E-state index is -0.558. The SMILES string of the molecule is CC(C)(C)OC(=O)COc1c(C=O)cccc1C(C)(C)C. The Balaban J connectivity index is 2.97. The van der Waals surface area contributed by atoms with Crippen LogP contribution < -0.4 is 4.74 Å². The van der Waals surface area contributed by atoms with Crippen LogP contribution in [0.3, 0.4) is 0 Å². The zero-order valence-electron chi connectivity index (χ0n) is 13.6. The normalized spacial score (nSPS) is 11.9. The first-order chi connectivity index (χ1) is 9.54. The van der Waals surface area contributed by atoms with E-state index < -0.39 is 11.6 Å². The molecular weight excluding hydrogens is 268 g/mol. The predicted molar refractivity (Wildman–Crippen MR) is 81.9 cm³/mol. The average Bonchev–Trinajstić information content (AvgIpc) is 2.32. The summed E-state index contributed by atoms with van der Waals surface area (Å²) >= 11 is 0. The molecule has 0 aromatic heterocycles. The van der Waals surface area contributed by atoms with Gasteiger partial charge in [0.15, 0.2) is 12.9 Å². The summed E-state index contributed by atoms with van der Waals surface area (Å²) in [4.78, 5) is 22.9. The second-order valence-electron chi connectivity index (χ2n) is 6.97. The van der Waals surface area contributed by atoms with E-state index in [0.29, 0.717) is 11.3 Å². The summed E-state index contributed by atoms with van der Waals surface area (Å²) in [6, 6.07) is 5.38. The molecule has 0 N–H and O–H groups in total. The molecule has 1 rings (SSSR count). The highest BCUT2D eigenvalue weighted by Crippen LogP contribution is 2.33. The molecule has 0 aliphatic heterocycles. The second kappa shape index (κ2) is 6.29. The van der Waals surface area contributed by atoms with Crippen LogP contribution in [-0.2, 0) is 14.9 Å². The van der Waals surface area contributed by atoms with Gasteiger partial charge in [0, 0.05) is 5.56 Å². The van der Waals surface area contributed by atoms with Crippen molar-refractivity contribution in [2.45, 2.75) is 52.6 Å². The Labute approximate surface area is 126 Å². The van der Waals surface area contributed by atoms with Gasteiger partial charge in [-0.1, -0.05) is 32.9 Å². The Kier molecular flexibility index (Phi) is 5.15. The summed E-state index contributed by atoms with van der Waals surface area (Å²) in [5.41, 5.74) is 0.571. The molecule has 0 fully saturated rings. The lowest BCUT2D eigenvalue weighted by Crippen LogP contribution is -2.28. The number of hydrogen-bond acceptors (Lipinski definition) is 4. The van der Waals surface area contributed by atoms with Crippen LogP contribution in [0.15, 0.2) is 18.2 Å². The lowest BCUT2D eigenvalue weighted by Gasteiger charge is -2.24. The maximum Gasteiger partial charge on any atom is 0.344 e. The van der Waals surface area contributed by atoms with E-state index in [2.05, 4.69) is 0 Å². The number of para-hydroxylation sites is 1. The Morgan fingerprint density at radius 3 is 2.24 bits per heavy atom. The van der Waals surface area contributed by atoms with Crippen LogP contribution in [0.4, 0.5) is 0 Å². The zero-order chi connectivity index (χ0) is 16.3. The number of hydrogen-bond donors (Lipinski definition) is 0. The van der Waals surface area contributed by atoms with E-state index in [0.717, 1.165) is 11.8 Å². The first-order valence-corrected chi connectivity index (χ1v) is 6.98. The van der Waals surface area contributed by atoms with Crippen molar-refractivity contribution < 1.29 is 19.1 Å². The van der Waals surface area contributed by atoms with Gasteiger partial charge < -0.3 is 9.47 Å². The molecule has 0 radical (unpaired) electrons. The Hall–Kier alpha value is -1.84. The number of ether oxygens (including phenoxy) is 2. The first-order valence-electron chi connectivity index (χ1n) is 6.98. The molecule has 0 aliphatic carbocycles. The maximum absolute atomic E-state index is 11.8. The monoisotopic (exact) mass is 292 g/mol. The van der Waals surface area contributed by atoms with E-state index in [1.54, 1.807) is 26.8 Å². The zero-order valence-corrected chi connectivity index (χ0v) is 13.6. The van der Waals surface area contributed by atoms with Gasteiger partial charge in [-0.3, -0.25) is 4.79 Å². The molecule has 21 heavy (non-hydrogen) atoms. The van der Waals surface area contributed by atoms with Crippen molar-refractivity contribution in [3.05, 3.63) is 29.3 Å². The molecule has 4 heteroatoms. The topological polar surface area (TPSA) is 52.6 Å². The van der Waals surface area contributed by atoms with Gasteiger partial charge in [-0.2, -0.15) is 0 Å². The second-order valence-corrected chi connectivity index (χ2v) is 6.97. The number of aldehydes is 1. The van der Waals surface area contributed by atoms with E-state index in [1.165, 1.54) is 0 Å². The lowest BCUT2D eigenvalue weighted by atomic mass is 9.85. The van der Waals surface area contributed by atoms with E-state index in [4.69, 9.17) is 9.47 Å². The third-order valence-corrected chi connectivity index (χ3v) is 2.73. The summed E-state index contributed by atoms with van der Waals surface area (Å²) in [6.45, 7) is 11.2. The van der Waals surface area contributed by atoms with Crippen molar-refractivity contribution in [2.75, 3.05) is 6.61 Å². The summed E-state index contributed by atoms with van der Waals surface area (Å²) in [7, 11) is 0. The molecular formula is C17H24O4. The van der Waals surface area contributed by atoms with Gasteiger partial charge in [0.1, 0.15) is 11.4 Å². The van der Waals surface area contributed by atoms with E-state index >= 15 is 0 Å². The fourth-order valence-corrected chi connectivity index (χ4v) is 1.90. The van der Waals surface area contributed by atoms with Gasteiger partial charge >= 0.3 is 5.97 Å². The van der Waals surface area contributed by atoms with Gasteiger partial charge in [0.2, 0.25) is 0 Å². The minimum Gasteiger partial charge on any atom is -0.481 e. The maximum atomic E-state index is 11.8. The highest BCUT2D eigenvalue weighted by Gasteiger charge is 2.23. The molecule has 1 aromatic rings. The number of carbonyl (C=O) groups is 2. The summed E-state index contributed by atoms with van der Waals surface area (Å²) in [6.07, 6.45) is 0.736. The quantitative estimate of drug-likeness (QED) is 0.629. The number of rotatable bonds is 4. The van der Waals surface area contributed by atoms with Gasteiger partial charge in [0.25, 0.3) is 0 Å². The molecule has 0 spiro atoms. The fourth-order valence-electron chi connectivity index (χ4n) is 1.90. The van der Waals surface area contributed by atoms with Crippen molar-refractivity contribution >= 4 is 12.3 Å². The van der Waals surface area contributed by atoms with E-state index in [-0.39, 0.29) is 12.0 Å². The standard InChI is InChI=1S/C17H24O4/c1-16(2,3)13-9-7-8-12(10-18)15(13)20-11-14(19)21-17(4,5)6/h7-10H,11H2,1-6H3. The third kappa shape index (κ3) is 5.21. The van der Waals surface area contributed by atoms with Gasteiger partial charge in [-0.15, -0.1) is 0 Å². The number of benzene rings is 1. The highest BCUT2D eigenvalue weighted by molar-refractivity contribution is 5.81. The Morgan fingerprint density at radius 2 is 1.76 bits per heavy atom. The Bertz CT molecular complexity index is 519. The van der Waals surface area contributed by atoms with Crippen molar-refractivity contribution in [1.82, 2.24) is 0 Å². The van der Waals surface area contributed by atoms with Crippen molar-refractivity contribution in [1.29, 1.82) is 0 Å². The number of esters is 1. The average molecular weight is 292 g/mol. The largest absolute Gasteiger partial charge is 0.481 e. The van der Waals surface area contributed by atoms with Gasteiger partial charge in [-0.25, -0.2) is 4.79 Å². The Morgan fingerprint density at radius 1 is 1.14 bits per heavy atom. The fraction of sp³-hybridized carbons (Fsp3) is 0.529. The smallest absolute Gasteiger partial charge is 0.344 e. The van der Waals surface area contributed by atoms with Crippen LogP contribution in [0.5, 0.6) is 5.75 Å².